The van der Waals surface area contributed by atoms with Gasteiger partial charge in [-0.05, 0) is 32.4 Å². The molecule has 0 spiro atoms. The summed E-state index contributed by atoms with van der Waals surface area (Å²) in [5, 5.41) is -0.254. The topological polar surface area (TPSA) is 88.2 Å². The summed E-state index contributed by atoms with van der Waals surface area (Å²) < 4.78 is 32.2. The highest BCUT2D eigenvalue weighted by molar-refractivity contribution is 7.89. The van der Waals surface area contributed by atoms with Crippen LogP contribution in [0.1, 0.15) is 19.3 Å². The van der Waals surface area contributed by atoms with Crippen LogP contribution in [0, 0.1) is 0 Å². The number of likely N-dealkylation sites (tertiary alicyclic amines) is 1. The fourth-order valence-electron chi connectivity index (χ4n) is 3.61. The maximum Gasteiger partial charge on any atom is 0.217 e. The first-order chi connectivity index (χ1) is 10.6. The summed E-state index contributed by atoms with van der Waals surface area (Å²) in [7, 11) is -3.18. The van der Waals surface area contributed by atoms with E-state index >= 15 is 0 Å². The number of hydrogen-bond acceptors (Lipinski definition) is 6. The Morgan fingerprint density at radius 2 is 1.82 bits per heavy atom. The smallest absolute Gasteiger partial charge is 0.217 e. The van der Waals surface area contributed by atoms with Gasteiger partial charge in [-0.1, -0.05) is 0 Å². The average molecular weight is 330 g/mol. The Balaban J connectivity index is 1.58. The minimum absolute atomic E-state index is 0.0670. The number of morpholine rings is 1. The molecule has 2 saturated heterocycles. The second-order valence-electron chi connectivity index (χ2n) is 6.31. The molecule has 3 heterocycles. The molecule has 126 valence electrons. The zero-order valence-electron chi connectivity index (χ0n) is 12.9. The van der Waals surface area contributed by atoms with E-state index in [0.29, 0.717) is 51.7 Å². The van der Waals surface area contributed by atoms with Crippen molar-refractivity contribution < 1.29 is 13.2 Å². The molecule has 7 nitrogen and oxygen atoms in total. The van der Waals surface area contributed by atoms with Crippen LogP contribution in [0.3, 0.4) is 0 Å². The quantitative estimate of drug-likeness (QED) is 0.738. The van der Waals surface area contributed by atoms with Gasteiger partial charge in [-0.15, -0.1) is 0 Å². The van der Waals surface area contributed by atoms with Gasteiger partial charge in [0.1, 0.15) is 0 Å². The van der Waals surface area contributed by atoms with Crippen LogP contribution in [-0.4, -0.2) is 87.1 Å². The highest BCUT2D eigenvalue weighted by Gasteiger charge is 2.37. The van der Waals surface area contributed by atoms with Crippen molar-refractivity contribution in [1.82, 2.24) is 9.21 Å². The van der Waals surface area contributed by atoms with Gasteiger partial charge in [-0.3, -0.25) is 9.89 Å². The van der Waals surface area contributed by atoms with E-state index in [1.807, 2.05) is 6.21 Å². The van der Waals surface area contributed by atoms with E-state index in [0.717, 1.165) is 19.5 Å². The number of ether oxygens (including phenoxy) is 1. The molecule has 0 aromatic rings. The molecule has 0 aliphatic carbocycles. The highest BCUT2D eigenvalue weighted by Crippen LogP contribution is 2.24. The van der Waals surface area contributed by atoms with Crippen LogP contribution < -0.4 is 5.73 Å². The number of rotatable bonds is 3. The Labute approximate surface area is 132 Å². The van der Waals surface area contributed by atoms with Crippen molar-refractivity contribution in [3.8, 4) is 0 Å². The third-order valence-electron chi connectivity index (χ3n) is 4.98. The SMILES string of the molecule is NC1CN=CCC1N1CCC(S(=O)(=O)N2CCOCC2)CC1. The predicted molar refractivity (Wildman–Crippen MR) is 85.6 cm³/mol. The zero-order valence-corrected chi connectivity index (χ0v) is 13.7. The van der Waals surface area contributed by atoms with Crippen LogP contribution in [0.25, 0.3) is 0 Å². The van der Waals surface area contributed by atoms with Crippen LogP contribution in [0.5, 0.6) is 0 Å². The maximum absolute atomic E-state index is 12.7. The van der Waals surface area contributed by atoms with Crippen molar-refractivity contribution in [2.45, 2.75) is 36.6 Å². The monoisotopic (exact) mass is 330 g/mol. The number of nitrogens with two attached hydrogens (primary N) is 1. The molecule has 3 rings (SSSR count). The molecule has 2 fully saturated rings. The molecule has 2 N–H and O–H groups in total. The lowest BCUT2D eigenvalue weighted by Crippen LogP contribution is -2.55. The molecule has 0 amide bonds. The molecule has 8 heteroatoms. The van der Waals surface area contributed by atoms with Crippen molar-refractivity contribution in [2.24, 2.45) is 10.7 Å². The largest absolute Gasteiger partial charge is 0.379 e. The first-order valence-electron chi connectivity index (χ1n) is 8.13. The molecule has 0 radical (unpaired) electrons. The number of nitrogens with zero attached hydrogens (tertiary/aromatic N) is 3. The first kappa shape index (κ1) is 16.3. The molecule has 0 aromatic carbocycles. The van der Waals surface area contributed by atoms with Crippen LogP contribution in [0.4, 0.5) is 0 Å². The Kier molecular flexibility index (Phi) is 5.13. The highest BCUT2D eigenvalue weighted by atomic mass is 32.2. The maximum atomic E-state index is 12.7. The Hall–Kier alpha value is -0.540. The van der Waals surface area contributed by atoms with Crippen molar-refractivity contribution in [2.75, 3.05) is 45.9 Å². The van der Waals surface area contributed by atoms with Crippen molar-refractivity contribution in [3.05, 3.63) is 0 Å². The van der Waals surface area contributed by atoms with E-state index in [-0.39, 0.29) is 11.3 Å². The second kappa shape index (κ2) is 6.92. The molecule has 0 bridgehead atoms. The molecule has 2 unspecified atom stereocenters. The van der Waals surface area contributed by atoms with Gasteiger partial charge < -0.3 is 10.5 Å². The molecule has 0 saturated carbocycles. The fraction of sp³-hybridized carbons (Fsp3) is 0.929. The lowest BCUT2D eigenvalue weighted by atomic mass is 9.98. The lowest BCUT2D eigenvalue weighted by Gasteiger charge is -2.41. The molecular weight excluding hydrogens is 304 g/mol. The summed E-state index contributed by atoms with van der Waals surface area (Å²) in [5.74, 6) is 0. The van der Waals surface area contributed by atoms with Gasteiger partial charge in [0.25, 0.3) is 0 Å². The minimum atomic E-state index is -3.18. The average Bonchev–Trinajstić information content (AvgIpc) is 2.56. The van der Waals surface area contributed by atoms with Gasteiger partial charge in [-0.2, -0.15) is 4.31 Å². The molecule has 3 aliphatic heterocycles. The van der Waals surface area contributed by atoms with E-state index in [1.165, 1.54) is 0 Å². The van der Waals surface area contributed by atoms with Crippen LogP contribution in [-0.2, 0) is 14.8 Å². The standard InChI is InChI=1S/C14H26N4O3S/c15-13-11-16-4-1-14(13)17-5-2-12(3-6-17)22(19,20)18-7-9-21-10-8-18/h4,12-14H,1-3,5-11,15H2. The predicted octanol–water partition coefficient (Wildman–Crippen LogP) is -0.717. The van der Waals surface area contributed by atoms with Crippen molar-refractivity contribution in [1.29, 1.82) is 0 Å². The van der Waals surface area contributed by atoms with Gasteiger partial charge >= 0.3 is 0 Å². The van der Waals surface area contributed by atoms with Crippen molar-refractivity contribution >= 4 is 16.2 Å². The number of aliphatic imine (C=N–C) groups is 1. The normalized spacial score (nSPS) is 33.1. The number of piperidine rings is 1. The van der Waals surface area contributed by atoms with E-state index < -0.39 is 10.0 Å². The van der Waals surface area contributed by atoms with Crippen LogP contribution in [0.2, 0.25) is 0 Å². The summed E-state index contributed by atoms with van der Waals surface area (Å²) in [4.78, 5) is 6.58. The number of hydrogen-bond donors (Lipinski definition) is 1. The Morgan fingerprint density at radius 1 is 1.14 bits per heavy atom. The van der Waals surface area contributed by atoms with Crippen LogP contribution in [0.15, 0.2) is 4.99 Å². The summed E-state index contributed by atoms with van der Waals surface area (Å²) in [5.41, 5.74) is 6.15. The third-order valence-corrected chi connectivity index (χ3v) is 7.38. The molecule has 2 atom stereocenters. The molecule has 22 heavy (non-hydrogen) atoms. The molecular formula is C14H26N4O3S. The van der Waals surface area contributed by atoms with Gasteiger partial charge in [0, 0.05) is 31.4 Å². The zero-order chi connectivity index (χ0) is 15.6. The van der Waals surface area contributed by atoms with Gasteiger partial charge in [-0.25, -0.2) is 8.42 Å². The summed E-state index contributed by atoms with van der Waals surface area (Å²) in [6.07, 6.45) is 4.22. The molecule has 3 aliphatic rings. The van der Waals surface area contributed by atoms with E-state index in [2.05, 4.69) is 9.89 Å². The summed E-state index contributed by atoms with van der Waals surface area (Å²) >= 11 is 0. The summed E-state index contributed by atoms with van der Waals surface area (Å²) in [6, 6.07) is 0.377. The van der Waals surface area contributed by atoms with Crippen molar-refractivity contribution in [3.63, 3.8) is 0 Å². The van der Waals surface area contributed by atoms with Gasteiger partial charge in [0.2, 0.25) is 10.0 Å². The fourth-order valence-corrected chi connectivity index (χ4v) is 5.50. The summed E-state index contributed by atoms with van der Waals surface area (Å²) in [6.45, 7) is 4.29. The van der Waals surface area contributed by atoms with Crippen LogP contribution >= 0.6 is 0 Å². The van der Waals surface area contributed by atoms with Gasteiger partial charge in [0.05, 0.1) is 25.0 Å². The minimum Gasteiger partial charge on any atom is -0.379 e. The Bertz CT molecular complexity index is 496. The van der Waals surface area contributed by atoms with E-state index in [4.69, 9.17) is 10.5 Å². The lowest BCUT2D eigenvalue weighted by molar-refractivity contribution is 0.0716. The Morgan fingerprint density at radius 3 is 2.45 bits per heavy atom. The number of sulfonamides is 1. The van der Waals surface area contributed by atoms with Gasteiger partial charge in [0.15, 0.2) is 0 Å². The molecule has 0 aromatic heterocycles. The first-order valence-corrected chi connectivity index (χ1v) is 9.64. The van der Waals surface area contributed by atoms with E-state index in [9.17, 15) is 8.42 Å². The van der Waals surface area contributed by atoms with E-state index in [1.54, 1.807) is 4.31 Å². The second-order valence-corrected chi connectivity index (χ2v) is 8.52. The third kappa shape index (κ3) is 3.35.